The monoisotopic (exact) mass is 245 g/mol. The molecule has 0 radical (unpaired) electrons. The lowest BCUT2D eigenvalue weighted by Gasteiger charge is -2.08. The first kappa shape index (κ1) is 8.73. The van der Waals surface area contributed by atoms with Crippen molar-refractivity contribution in [3.63, 3.8) is 0 Å². The quantitative estimate of drug-likeness (QED) is 0.871. The Morgan fingerprint density at radius 3 is 2.92 bits per heavy atom. The molecule has 1 aliphatic rings. The number of nitrogens with two attached hydrogens (primary N) is 1. The van der Waals surface area contributed by atoms with Crippen LogP contribution in [-0.4, -0.2) is 6.04 Å². The van der Waals surface area contributed by atoms with E-state index in [0.29, 0.717) is 6.04 Å². The van der Waals surface area contributed by atoms with Crippen molar-refractivity contribution in [2.75, 3.05) is 0 Å². The zero-order chi connectivity index (χ0) is 8.55. The van der Waals surface area contributed by atoms with Crippen LogP contribution in [0.1, 0.15) is 17.7 Å². The summed E-state index contributed by atoms with van der Waals surface area (Å²) in [5, 5.41) is 2.11. The molecule has 2 rings (SSSR count). The summed E-state index contributed by atoms with van der Waals surface area (Å²) in [5.41, 5.74) is 6.02. The van der Waals surface area contributed by atoms with Crippen molar-refractivity contribution in [3.05, 3.63) is 20.8 Å². The molecule has 1 unspecified atom stereocenters. The first-order valence-electron chi connectivity index (χ1n) is 4.25. The molecule has 1 heterocycles. The van der Waals surface area contributed by atoms with Crippen LogP contribution in [0.2, 0.25) is 0 Å². The highest BCUT2D eigenvalue weighted by Crippen LogP contribution is 2.34. The van der Waals surface area contributed by atoms with Crippen LogP contribution in [0.5, 0.6) is 0 Å². The van der Waals surface area contributed by atoms with Crippen LogP contribution in [0, 0.1) is 5.92 Å². The molecular weight excluding hydrogens is 234 g/mol. The Balaban J connectivity index is 1.97. The summed E-state index contributed by atoms with van der Waals surface area (Å²) in [4.78, 5) is 1.40. The first-order valence-corrected chi connectivity index (χ1v) is 5.92. The van der Waals surface area contributed by atoms with Gasteiger partial charge in [-0.05, 0) is 52.6 Å². The molecule has 1 aromatic heterocycles. The van der Waals surface area contributed by atoms with E-state index in [-0.39, 0.29) is 0 Å². The smallest absolute Gasteiger partial charge is 0.0314 e. The highest BCUT2D eigenvalue weighted by Gasteiger charge is 2.28. The first-order chi connectivity index (χ1) is 5.77. The predicted molar refractivity (Wildman–Crippen MR) is 56.4 cm³/mol. The summed E-state index contributed by atoms with van der Waals surface area (Å²) in [6.07, 6.45) is 3.72. The molecule has 12 heavy (non-hydrogen) atoms. The van der Waals surface area contributed by atoms with Gasteiger partial charge in [0.05, 0.1) is 0 Å². The Morgan fingerprint density at radius 1 is 1.67 bits per heavy atom. The van der Waals surface area contributed by atoms with E-state index < -0.39 is 0 Å². The van der Waals surface area contributed by atoms with E-state index in [0.717, 1.165) is 12.3 Å². The third-order valence-corrected chi connectivity index (χ3v) is 4.29. The largest absolute Gasteiger partial charge is 0.327 e. The molecule has 0 saturated heterocycles. The fourth-order valence-electron chi connectivity index (χ4n) is 1.38. The molecule has 1 saturated carbocycles. The highest BCUT2D eigenvalue weighted by atomic mass is 79.9. The molecule has 0 aliphatic heterocycles. The van der Waals surface area contributed by atoms with Gasteiger partial charge in [0, 0.05) is 15.4 Å². The average Bonchev–Trinajstić information content (AvgIpc) is 2.80. The maximum Gasteiger partial charge on any atom is 0.0314 e. The van der Waals surface area contributed by atoms with Crippen molar-refractivity contribution in [1.82, 2.24) is 0 Å². The van der Waals surface area contributed by atoms with E-state index in [1.165, 1.54) is 22.2 Å². The lowest BCUT2D eigenvalue weighted by molar-refractivity contribution is 0.595. The molecule has 1 aliphatic carbocycles. The molecule has 1 atom stereocenters. The van der Waals surface area contributed by atoms with Gasteiger partial charge in [0.1, 0.15) is 0 Å². The molecule has 0 aromatic carbocycles. The van der Waals surface area contributed by atoms with Gasteiger partial charge in [-0.25, -0.2) is 0 Å². The zero-order valence-corrected chi connectivity index (χ0v) is 9.20. The van der Waals surface area contributed by atoms with Gasteiger partial charge in [0.2, 0.25) is 0 Å². The fraction of sp³-hybridized carbons (Fsp3) is 0.556. The van der Waals surface area contributed by atoms with Crippen LogP contribution in [0.3, 0.4) is 0 Å². The molecule has 0 spiro atoms. The molecule has 1 aromatic rings. The standard InChI is InChI=1S/C9H12BrNS/c10-7-3-4-12-9(7)5-8(11)6-1-2-6/h3-4,6,8H,1-2,5,11H2. The normalized spacial score (nSPS) is 19.5. The van der Waals surface area contributed by atoms with Gasteiger partial charge < -0.3 is 5.73 Å². The van der Waals surface area contributed by atoms with Crippen LogP contribution >= 0.6 is 27.3 Å². The topological polar surface area (TPSA) is 26.0 Å². The lowest BCUT2D eigenvalue weighted by atomic mass is 10.1. The number of hydrogen-bond acceptors (Lipinski definition) is 2. The fourth-order valence-corrected chi connectivity index (χ4v) is 2.96. The molecule has 1 nitrogen and oxygen atoms in total. The van der Waals surface area contributed by atoms with E-state index >= 15 is 0 Å². The third kappa shape index (κ3) is 1.90. The number of hydrogen-bond donors (Lipinski definition) is 1. The van der Waals surface area contributed by atoms with Gasteiger partial charge in [0.15, 0.2) is 0 Å². The summed E-state index contributed by atoms with van der Waals surface area (Å²) in [5.74, 6) is 0.805. The van der Waals surface area contributed by atoms with Crippen LogP contribution in [0.25, 0.3) is 0 Å². The van der Waals surface area contributed by atoms with Crippen molar-refractivity contribution < 1.29 is 0 Å². The third-order valence-electron chi connectivity index (χ3n) is 2.34. The van der Waals surface area contributed by atoms with Gasteiger partial charge in [-0.15, -0.1) is 11.3 Å². The zero-order valence-electron chi connectivity index (χ0n) is 6.79. The summed E-state index contributed by atoms with van der Waals surface area (Å²) >= 11 is 5.32. The minimum atomic E-state index is 0.389. The van der Waals surface area contributed by atoms with Gasteiger partial charge >= 0.3 is 0 Å². The van der Waals surface area contributed by atoms with Gasteiger partial charge in [-0.2, -0.15) is 0 Å². The van der Waals surface area contributed by atoms with E-state index in [1.807, 2.05) is 0 Å². The second kappa shape index (κ2) is 3.48. The summed E-state index contributed by atoms with van der Waals surface area (Å²) in [6.45, 7) is 0. The number of halogens is 1. The van der Waals surface area contributed by atoms with Crippen molar-refractivity contribution in [1.29, 1.82) is 0 Å². The maximum atomic E-state index is 6.02. The lowest BCUT2D eigenvalue weighted by Crippen LogP contribution is -2.24. The number of thiophene rings is 1. The van der Waals surface area contributed by atoms with Gasteiger partial charge in [-0.1, -0.05) is 0 Å². The Morgan fingerprint density at radius 2 is 2.42 bits per heavy atom. The van der Waals surface area contributed by atoms with Crippen molar-refractivity contribution in [2.45, 2.75) is 25.3 Å². The van der Waals surface area contributed by atoms with Crippen molar-refractivity contribution >= 4 is 27.3 Å². The number of rotatable bonds is 3. The predicted octanol–water partition coefficient (Wildman–Crippen LogP) is 2.79. The maximum absolute atomic E-state index is 6.02. The van der Waals surface area contributed by atoms with Crippen LogP contribution in [0.4, 0.5) is 0 Å². The van der Waals surface area contributed by atoms with E-state index in [4.69, 9.17) is 5.73 Å². The Bertz CT molecular complexity index is 267. The van der Waals surface area contributed by atoms with Gasteiger partial charge in [0.25, 0.3) is 0 Å². The molecule has 0 bridgehead atoms. The van der Waals surface area contributed by atoms with E-state index in [1.54, 1.807) is 11.3 Å². The van der Waals surface area contributed by atoms with E-state index in [2.05, 4.69) is 27.4 Å². The van der Waals surface area contributed by atoms with Crippen LogP contribution in [-0.2, 0) is 6.42 Å². The second-order valence-electron chi connectivity index (χ2n) is 3.40. The summed E-state index contributed by atoms with van der Waals surface area (Å²) < 4.78 is 1.23. The SMILES string of the molecule is NC(Cc1sccc1Br)C1CC1. The molecular formula is C9H12BrNS. The molecule has 3 heteroatoms. The van der Waals surface area contributed by atoms with E-state index in [9.17, 15) is 0 Å². The van der Waals surface area contributed by atoms with Crippen molar-refractivity contribution in [2.24, 2.45) is 11.7 Å². The Labute approximate surface area is 85.1 Å². The second-order valence-corrected chi connectivity index (χ2v) is 5.25. The molecule has 1 fully saturated rings. The summed E-state index contributed by atoms with van der Waals surface area (Å²) in [6, 6.07) is 2.49. The average molecular weight is 246 g/mol. The van der Waals surface area contributed by atoms with Crippen LogP contribution in [0.15, 0.2) is 15.9 Å². The Kier molecular flexibility index (Phi) is 2.53. The molecule has 66 valence electrons. The minimum Gasteiger partial charge on any atom is -0.327 e. The van der Waals surface area contributed by atoms with Crippen LogP contribution < -0.4 is 5.73 Å². The minimum absolute atomic E-state index is 0.389. The Hall–Kier alpha value is 0.140. The van der Waals surface area contributed by atoms with Crippen molar-refractivity contribution in [3.8, 4) is 0 Å². The molecule has 2 N–H and O–H groups in total. The highest BCUT2D eigenvalue weighted by molar-refractivity contribution is 9.10. The summed E-state index contributed by atoms with van der Waals surface area (Å²) in [7, 11) is 0. The molecule has 0 amide bonds. The van der Waals surface area contributed by atoms with Gasteiger partial charge in [-0.3, -0.25) is 0 Å².